The number of fused-ring (bicyclic) bond motifs is 1. The van der Waals surface area contributed by atoms with Crippen LogP contribution in [0.1, 0.15) is 61.3 Å². The molecule has 0 radical (unpaired) electrons. The Balaban J connectivity index is 1.69. The zero-order valence-electron chi connectivity index (χ0n) is 21.4. The summed E-state index contributed by atoms with van der Waals surface area (Å²) in [5.74, 6) is 3.52. The fraction of sp³-hybridized carbons (Fsp3) is 0.464. The van der Waals surface area contributed by atoms with E-state index in [2.05, 4.69) is 24.1 Å². The molecule has 1 aromatic heterocycles. The smallest absolute Gasteiger partial charge is 0.260 e. The summed E-state index contributed by atoms with van der Waals surface area (Å²) >= 11 is 0. The molecule has 1 unspecified atom stereocenters. The number of aliphatic hydroxyl groups excluding tert-OH is 1. The molecule has 1 atom stereocenters. The summed E-state index contributed by atoms with van der Waals surface area (Å²) in [6.45, 7) is 6.86. The third-order valence-electron chi connectivity index (χ3n) is 7.14. The average molecular weight is 511 g/mol. The Hall–Kier alpha value is -3.02. The second-order valence-electron chi connectivity index (χ2n) is 9.56. The van der Waals surface area contributed by atoms with Crippen molar-refractivity contribution in [1.29, 1.82) is 0 Å². The first-order valence-corrected chi connectivity index (χ1v) is 13.8. The molecule has 1 saturated carbocycles. The number of aliphatic hydroxyl groups is 1. The number of allylic oxidation sites excluding steroid dienone is 2. The first kappa shape index (κ1) is 26.1. The molecule has 1 fully saturated rings. The van der Waals surface area contributed by atoms with Crippen LogP contribution in [0.3, 0.4) is 0 Å². The van der Waals surface area contributed by atoms with Crippen molar-refractivity contribution >= 4 is 15.7 Å². The Morgan fingerprint density at radius 3 is 2.67 bits per heavy atom. The predicted molar refractivity (Wildman–Crippen MR) is 140 cm³/mol. The number of hydrogen-bond acceptors (Lipinski definition) is 6. The van der Waals surface area contributed by atoms with Gasteiger partial charge in [0.15, 0.2) is 5.76 Å². The van der Waals surface area contributed by atoms with Gasteiger partial charge in [0.25, 0.3) is 10.0 Å². The molecule has 1 aliphatic heterocycles. The predicted octanol–water partition coefficient (Wildman–Crippen LogP) is 4.72. The molecule has 2 aliphatic rings. The molecule has 36 heavy (non-hydrogen) atoms. The van der Waals surface area contributed by atoms with Crippen LogP contribution in [0.5, 0.6) is 0 Å². The number of hydrogen-bond donors (Lipinski definition) is 1. The van der Waals surface area contributed by atoms with Gasteiger partial charge >= 0.3 is 0 Å². The molecule has 7 nitrogen and oxygen atoms in total. The topological polar surface area (TPSA) is 92.9 Å². The van der Waals surface area contributed by atoms with Gasteiger partial charge in [0.1, 0.15) is 12.4 Å². The molecule has 1 aliphatic carbocycles. The van der Waals surface area contributed by atoms with E-state index in [1.54, 1.807) is 25.1 Å². The zero-order chi connectivity index (χ0) is 26.0. The van der Waals surface area contributed by atoms with Crippen molar-refractivity contribution in [3.05, 3.63) is 68.7 Å². The minimum absolute atomic E-state index is 0.0669. The van der Waals surface area contributed by atoms with Gasteiger partial charge in [-0.25, -0.2) is 8.42 Å². The van der Waals surface area contributed by atoms with Crippen molar-refractivity contribution in [2.45, 2.75) is 72.4 Å². The van der Waals surface area contributed by atoms with Crippen LogP contribution in [0.25, 0.3) is 0 Å². The first-order chi connectivity index (χ1) is 17.2. The van der Waals surface area contributed by atoms with Crippen molar-refractivity contribution in [2.75, 3.05) is 10.9 Å². The molecule has 0 spiro atoms. The Kier molecular flexibility index (Phi) is 7.62. The Morgan fingerprint density at radius 1 is 1.33 bits per heavy atom. The number of sulfonamides is 1. The Morgan fingerprint density at radius 2 is 2.08 bits per heavy atom. The standard InChI is InChI=1S/C28H34N2O5S/c1-6-21-8-12-27-23(15-21)11-13-26(22-9-10-22)30(27)36(32,33)18(3)14-24(16-31)28(7-2)34-17-25-19(4)29-35-20(25)5/h2,8,12,14-15,22,26,31H,6,9-11,13,16-17H2,1,3-5H3/b18-14+,28-24-. The van der Waals surface area contributed by atoms with Gasteiger partial charge in [0.2, 0.25) is 0 Å². The average Bonchev–Trinajstić information content (AvgIpc) is 3.67. The van der Waals surface area contributed by atoms with E-state index in [4.69, 9.17) is 15.7 Å². The van der Waals surface area contributed by atoms with Crippen LogP contribution in [0.15, 0.2) is 45.0 Å². The van der Waals surface area contributed by atoms with Gasteiger partial charge in [0, 0.05) is 11.6 Å². The monoisotopic (exact) mass is 510 g/mol. The Bertz CT molecular complexity index is 1320. The molecular weight excluding hydrogens is 476 g/mol. The summed E-state index contributed by atoms with van der Waals surface area (Å²) in [6, 6.07) is 6.00. The molecule has 0 saturated heterocycles. The normalized spacial score (nSPS) is 18.9. The third-order valence-corrected chi connectivity index (χ3v) is 9.06. The molecule has 0 amide bonds. The highest BCUT2D eigenvalue weighted by molar-refractivity contribution is 7.96. The minimum Gasteiger partial charge on any atom is -0.480 e. The van der Waals surface area contributed by atoms with Crippen LogP contribution in [0, 0.1) is 32.1 Å². The summed E-state index contributed by atoms with van der Waals surface area (Å²) in [5, 5.41) is 14.0. The van der Waals surface area contributed by atoms with Crippen molar-refractivity contribution in [3.8, 4) is 12.3 Å². The van der Waals surface area contributed by atoms with Crippen LogP contribution in [-0.2, 0) is 34.2 Å². The zero-order valence-corrected chi connectivity index (χ0v) is 22.2. The van der Waals surface area contributed by atoms with E-state index in [1.165, 1.54) is 11.6 Å². The summed E-state index contributed by atoms with van der Waals surface area (Å²) in [4.78, 5) is 0.110. The summed E-state index contributed by atoms with van der Waals surface area (Å²) in [7, 11) is -3.87. The highest BCUT2D eigenvalue weighted by atomic mass is 32.2. The van der Waals surface area contributed by atoms with Gasteiger partial charge in [0.05, 0.1) is 28.5 Å². The Labute approximate surface area is 213 Å². The minimum atomic E-state index is -3.87. The van der Waals surface area contributed by atoms with E-state index in [9.17, 15) is 13.5 Å². The molecular formula is C28H34N2O5S. The van der Waals surface area contributed by atoms with Gasteiger partial charge in [-0.15, -0.1) is 6.42 Å². The van der Waals surface area contributed by atoms with Gasteiger partial charge in [-0.1, -0.05) is 24.2 Å². The molecule has 4 rings (SSSR count). The second-order valence-corrected chi connectivity index (χ2v) is 11.6. The van der Waals surface area contributed by atoms with Crippen LogP contribution >= 0.6 is 0 Å². The lowest BCUT2D eigenvalue weighted by Crippen LogP contribution is -2.45. The number of aromatic nitrogens is 1. The number of ether oxygens (including phenoxy) is 1. The number of nitrogens with zero attached hydrogens (tertiary/aromatic N) is 2. The lowest BCUT2D eigenvalue weighted by Gasteiger charge is -2.38. The summed E-state index contributed by atoms with van der Waals surface area (Å²) in [5.41, 5.74) is 4.69. The van der Waals surface area contributed by atoms with Gasteiger partial charge < -0.3 is 14.4 Å². The number of rotatable bonds is 9. The van der Waals surface area contributed by atoms with E-state index >= 15 is 0 Å². The fourth-order valence-corrected chi connectivity index (χ4v) is 6.50. The van der Waals surface area contributed by atoms with Crippen LogP contribution in [0.4, 0.5) is 5.69 Å². The van der Waals surface area contributed by atoms with Gasteiger partial charge in [-0.05, 0) is 88.0 Å². The maximum Gasteiger partial charge on any atom is 0.260 e. The van der Waals surface area contributed by atoms with Gasteiger partial charge in [-0.2, -0.15) is 0 Å². The second kappa shape index (κ2) is 10.5. The molecule has 2 aromatic rings. The van der Waals surface area contributed by atoms with Crippen molar-refractivity contribution in [2.24, 2.45) is 5.92 Å². The van der Waals surface area contributed by atoms with E-state index in [0.717, 1.165) is 48.9 Å². The molecule has 2 heterocycles. The number of anilines is 1. The van der Waals surface area contributed by atoms with E-state index in [1.807, 2.05) is 12.1 Å². The lowest BCUT2D eigenvalue weighted by molar-refractivity contribution is 0.204. The molecule has 1 N–H and O–H groups in total. The maximum atomic E-state index is 14.0. The van der Waals surface area contributed by atoms with Gasteiger partial charge in [-0.3, -0.25) is 4.31 Å². The third kappa shape index (κ3) is 5.09. The summed E-state index contributed by atoms with van der Waals surface area (Å²) < 4.78 is 40.5. The quantitative estimate of drug-likeness (QED) is 0.298. The fourth-order valence-electron chi connectivity index (χ4n) is 4.83. The van der Waals surface area contributed by atoms with Crippen molar-refractivity contribution in [3.63, 3.8) is 0 Å². The lowest BCUT2D eigenvalue weighted by atomic mass is 9.93. The number of benzene rings is 1. The molecule has 8 heteroatoms. The largest absolute Gasteiger partial charge is 0.480 e. The number of aryl methyl sites for hydroxylation is 4. The van der Waals surface area contributed by atoms with E-state index in [-0.39, 0.29) is 28.9 Å². The molecule has 0 bridgehead atoms. The van der Waals surface area contributed by atoms with Crippen LogP contribution in [-0.4, -0.2) is 31.3 Å². The summed E-state index contributed by atoms with van der Waals surface area (Å²) in [6.07, 6.45) is 11.8. The van der Waals surface area contributed by atoms with E-state index in [0.29, 0.717) is 17.4 Å². The maximum absolute atomic E-state index is 14.0. The highest BCUT2D eigenvalue weighted by Crippen LogP contribution is 2.45. The highest BCUT2D eigenvalue weighted by Gasteiger charge is 2.43. The first-order valence-electron chi connectivity index (χ1n) is 12.4. The SMILES string of the molecule is C#C/C(OCc1c(C)noc1C)=C(\C=C(/C)S(=O)(=O)N1c2ccc(CC)cc2CCC1C1CC1)CO. The molecule has 192 valence electrons. The number of terminal acetylenes is 1. The van der Waals surface area contributed by atoms with Crippen LogP contribution < -0.4 is 4.31 Å². The van der Waals surface area contributed by atoms with Crippen molar-refractivity contribution in [1.82, 2.24) is 5.16 Å². The molecule has 1 aromatic carbocycles. The van der Waals surface area contributed by atoms with E-state index < -0.39 is 16.6 Å². The van der Waals surface area contributed by atoms with Crippen LogP contribution in [0.2, 0.25) is 0 Å². The van der Waals surface area contributed by atoms with Crippen molar-refractivity contribution < 1.29 is 22.8 Å².